The minimum Gasteiger partial charge on any atom is -0.492 e. The number of likely N-dealkylation sites (N-methyl/N-ethyl adjacent to an activating group) is 1. The number of hydrogen-bond donors (Lipinski definition) is 1. The summed E-state index contributed by atoms with van der Waals surface area (Å²) in [5.41, 5.74) is 4.34. The first-order valence-electron chi connectivity index (χ1n) is 11.0. The Kier molecular flexibility index (Phi) is 6.33. The van der Waals surface area contributed by atoms with Gasteiger partial charge in [0.2, 0.25) is 0 Å². The molecule has 178 valence electrons. The van der Waals surface area contributed by atoms with Gasteiger partial charge in [-0.25, -0.2) is 9.97 Å². The van der Waals surface area contributed by atoms with E-state index in [-0.39, 0.29) is 5.91 Å². The van der Waals surface area contributed by atoms with Gasteiger partial charge < -0.3 is 9.64 Å². The van der Waals surface area contributed by atoms with Crippen LogP contribution in [0.3, 0.4) is 0 Å². The quantitative estimate of drug-likeness (QED) is 0.348. The van der Waals surface area contributed by atoms with Gasteiger partial charge in [-0.2, -0.15) is 5.01 Å². The third-order valence-corrected chi connectivity index (χ3v) is 7.34. The third kappa shape index (κ3) is 4.81. The summed E-state index contributed by atoms with van der Waals surface area (Å²) in [6.45, 7) is 3.08. The van der Waals surface area contributed by atoms with Gasteiger partial charge in [0.25, 0.3) is 11.8 Å². The van der Waals surface area contributed by atoms with Crippen LogP contribution >= 0.6 is 22.7 Å². The molecule has 0 spiro atoms. The zero-order valence-electron chi connectivity index (χ0n) is 19.4. The van der Waals surface area contributed by atoms with Crippen LogP contribution in [0.5, 0.6) is 5.75 Å². The lowest BCUT2D eigenvalue weighted by atomic mass is 10.1. The molecule has 8 nitrogen and oxygen atoms in total. The SMILES string of the molecule is CC1=CC(=O)N(Nc2nc(-c3cccs3)nc3sc(-c4ccc(OCCN(C)C)cc4)cc23)C1=O. The number of carbonyl (C=O) groups excluding carboxylic acids is 2. The van der Waals surface area contributed by atoms with Gasteiger partial charge in [-0.05, 0) is 68.4 Å². The molecule has 0 radical (unpaired) electrons. The van der Waals surface area contributed by atoms with Crippen molar-refractivity contribution in [3.8, 4) is 26.9 Å². The smallest absolute Gasteiger partial charge is 0.275 e. The minimum atomic E-state index is -0.419. The number of anilines is 1. The molecule has 0 bridgehead atoms. The number of hydrazine groups is 1. The fraction of sp³-hybridized carbons (Fsp3) is 0.200. The molecule has 0 fully saturated rings. The number of ether oxygens (including phenoxy) is 1. The molecule has 0 atom stereocenters. The first-order chi connectivity index (χ1) is 16.9. The molecule has 1 aliphatic heterocycles. The van der Waals surface area contributed by atoms with E-state index in [1.54, 1.807) is 6.92 Å². The van der Waals surface area contributed by atoms with Crippen molar-refractivity contribution in [1.82, 2.24) is 19.9 Å². The summed E-state index contributed by atoms with van der Waals surface area (Å²) in [6, 6.07) is 13.8. The number of rotatable bonds is 8. The van der Waals surface area contributed by atoms with Gasteiger partial charge in [0.1, 0.15) is 17.2 Å². The number of hydrogen-bond acceptors (Lipinski definition) is 9. The number of nitrogens with one attached hydrogen (secondary N) is 1. The summed E-state index contributed by atoms with van der Waals surface area (Å²) in [6.07, 6.45) is 1.31. The summed E-state index contributed by atoms with van der Waals surface area (Å²) in [4.78, 5) is 39.0. The van der Waals surface area contributed by atoms with Crippen LogP contribution in [0.4, 0.5) is 5.82 Å². The van der Waals surface area contributed by atoms with Crippen LogP contribution in [-0.2, 0) is 9.59 Å². The van der Waals surface area contributed by atoms with Gasteiger partial charge in [0, 0.05) is 23.1 Å². The first-order valence-corrected chi connectivity index (χ1v) is 12.7. The number of imide groups is 1. The highest BCUT2D eigenvalue weighted by Gasteiger charge is 2.30. The fourth-order valence-corrected chi connectivity index (χ4v) is 5.22. The van der Waals surface area contributed by atoms with Crippen LogP contribution in [-0.4, -0.2) is 58.9 Å². The summed E-state index contributed by atoms with van der Waals surface area (Å²) in [5.74, 6) is 0.955. The standard InChI is InChI=1S/C25H23N5O3S2/c1-15-13-21(31)30(25(15)32)28-22-18-14-20(16-6-8-17(9-7-16)33-11-10-29(2)3)35-24(18)27-23(26-22)19-5-4-12-34-19/h4-9,12-14H,10-11H2,1-3H3,(H,26,27,28). The Morgan fingerprint density at radius 2 is 1.89 bits per heavy atom. The molecule has 35 heavy (non-hydrogen) atoms. The molecule has 0 aliphatic carbocycles. The Morgan fingerprint density at radius 1 is 1.09 bits per heavy atom. The van der Waals surface area contributed by atoms with Crippen molar-refractivity contribution >= 4 is 50.5 Å². The highest BCUT2D eigenvalue weighted by atomic mass is 32.1. The topological polar surface area (TPSA) is 87.7 Å². The van der Waals surface area contributed by atoms with Crippen LogP contribution in [0.1, 0.15) is 6.92 Å². The number of thiophene rings is 2. The van der Waals surface area contributed by atoms with Crippen LogP contribution < -0.4 is 10.2 Å². The molecule has 3 aromatic heterocycles. The van der Waals surface area contributed by atoms with Crippen LogP contribution in [0.25, 0.3) is 31.4 Å². The van der Waals surface area contributed by atoms with E-state index in [0.717, 1.165) is 42.8 Å². The highest BCUT2D eigenvalue weighted by molar-refractivity contribution is 7.22. The van der Waals surface area contributed by atoms with E-state index in [1.165, 1.54) is 28.7 Å². The van der Waals surface area contributed by atoms with Crippen molar-refractivity contribution in [2.75, 3.05) is 32.7 Å². The maximum Gasteiger partial charge on any atom is 0.275 e. The molecule has 0 saturated heterocycles. The summed E-state index contributed by atoms with van der Waals surface area (Å²) in [7, 11) is 4.02. The predicted molar refractivity (Wildman–Crippen MR) is 139 cm³/mol. The number of benzene rings is 1. The summed E-state index contributed by atoms with van der Waals surface area (Å²) in [5, 5.41) is 3.69. The molecule has 1 aliphatic rings. The van der Waals surface area contributed by atoms with E-state index in [4.69, 9.17) is 9.72 Å². The van der Waals surface area contributed by atoms with Crippen molar-refractivity contribution in [2.24, 2.45) is 0 Å². The Balaban J connectivity index is 1.49. The molecule has 5 rings (SSSR count). The Morgan fingerprint density at radius 3 is 2.54 bits per heavy atom. The van der Waals surface area contributed by atoms with E-state index in [2.05, 4.69) is 15.3 Å². The van der Waals surface area contributed by atoms with E-state index in [1.807, 2.05) is 61.9 Å². The monoisotopic (exact) mass is 505 g/mol. The molecular formula is C25H23N5O3S2. The van der Waals surface area contributed by atoms with Gasteiger partial charge in [-0.3, -0.25) is 15.0 Å². The largest absolute Gasteiger partial charge is 0.492 e. The average Bonchev–Trinajstić information content (AvgIpc) is 3.56. The molecule has 10 heteroatoms. The second kappa shape index (κ2) is 9.57. The summed E-state index contributed by atoms with van der Waals surface area (Å²) < 4.78 is 5.80. The molecule has 0 saturated carbocycles. The van der Waals surface area contributed by atoms with Gasteiger partial charge in [-0.1, -0.05) is 6.07 Å². The Labute approximate surface area is 210 Å². The van der Waals surface area contributed by atoms with Crippen molar-refractivity contribution in [2.45, 2.75) is 6.92 Å². The number of amides is 2. The second-order valence-electron chi connectivity index (χ2n) is 8.30. The van der Waals surface area contributed by atoms with Crippen LogP contribution in [0.2, 0.25) is 0 Å². The molecular weight excluding hydrogens is 482 g/mol. The molecule has 2 amide bonds. The lowest BCUT2D eigenvalue weighted by Crippen LogP contribution is -2.36. The number of nitrogens with zero attached hydrogens (tertiary/aromatic N) is 4. The van der Waals surface area contributed by atoms with Crippen molar-refractivity contribution in [1.29, 1.82) is 0 Å². The van der Waals surface area contributed by atoms with Gasteiger partial charge in [0.15, 0.2) is 11.6 Å². The van der Waals surface area contributed by atoms with Crippen molar-refractivity contribution in [3.05, 3.63) is 59.5 Å². The number of fused-ring (bicyclic) bond motifs is 1. The molecule has 1 N–H and O–H groups in total. The molecule has 4 heterocycles. The minimum absolute atomic E-state index is 0.380. The van der Waals surface area contributed by atoms with Gasteiger partial charge >= 0.3 is 0 Å². The van der Waals surface area contributed by atoms with Crippen LogP contribution in [0, 0.1) is 0 Å². The second-order valence-corrected chi connectivity index (χ2v) is 10.3. The predicted octanol–water partition coefficient (Wildman–Crippen LogP) is 4.67. The normalized spacial score (nSPS) is 13.7. The lowest BCUT2D eigenvalue weighted by Gasteiger charge is -2.17. The maximum atomic E-state index is 12.5. The Bertz CT molecular complexity index is 1430. The molecule has 4 aromatic rings. The first kappa shape index (κ1) is 23.2. The summed E-state index contributed by atoms with van der Waals surface area (Å²) >= 11 is 3.06. The van der Waals surface area contributed by atoms with Crippen molar-refractivity contribution in [3.63, 3.8) is 0 Å². The maximum absolute atomic E-state index is 12.5. The van der Waals surface area contributed by atoms with Gasteiger partial charge in [-0.15, -0.1) is 22.7 Å². The fourth-order valence-electron chi connectivity index (χ4n) is 3.53. The third-order valence-electron chi connectivity index (χ3n) is 5.40. The molecule has 0 unspecified atom stereocenters. The van der Waals surface area contributed by atoms with Crippen molar-refractivity contribution < 1.29 is 14.3 Å². The Hall–Kier alpha value is -3.60. The zero-order chi connectivity index (χ0) is 24.5. The highest BCUT2D eigenvalue weighted by Crippen LogP contribution is 2.38. The number of aromatic nitrogens is 2. The lowest BCUT2D eigenvalue weighted by molar-refractivity contribution is -0.135. The van der Waals surface area contributed by atoms with E-state index < -0.39 is 5.91 Å². The number of carbonyl (C=O) groups is 2. The van der Waals surface area contributed by atoms with E-state index >= 15 is 0 Å². The zero-order valence-corrected chi connectivity index (χ0v) is 21.1. The van der Waals surface area contributed by atoms with E-state index in [0.29, 0.717) is 23.8 Å². The van der Waals surface area contributed by atoms with Gasteiger partial charge in [0.05, 0.1) is 10.3 Å². The van der Waals surface area contributed by atoms with E-state index in [9.17, 15) is 9.59 Å². The molecule has 1 aromatic carbocycles. The average molecular weight is 506 g/mol. The van der Waals surface area contributed by atoms with Crippen LogP contribution in [0.15, 0.2) is 59.5 Å².